The van der Waals surface area contributed by atoms with E-state index in [-0.39, 0.29) is 6.42 Å². The number of carbonyl (C=O) groups is 1. The third-order valence-corrected chi connectivity index (χ3v) is 1.58. The van der Waals surface area contributed by atoms with Crippen LogP contribution in [0.4, 0.5) is 0 Å². The van der Waals surface area contributed by atoms with Gasteiger partial charge in [0.05, 0.1) is 4.92 Å². The summed E-state index contributed by atoms with van der Waals surface area (Å²) in [4.78, 5) is 19.5. The Balaban J connectivity index is 4.40. The lowest BCUT2D eigenvalue weighted by Gasteiger charge is -2.05. The van der Waals surface area contributed by atoms with E-state index in [9.17, 15) is 14.9 Å². The SMILES string of the molecule is CCC(=O)C(Cl)(Cl)[N+](=O)[O-]. The van der Waals surface area contributed by atoms with Gasteiger partial charge in [-0.3, -0.25) is 14.9 Å². The molecule has 0 aromatic carbocycles. The van der Waals surface area contributed by atoms with E-state index in [0.29, 0.717) is 0 Å². The van der Waals surface area contributed by atoms with Crippen molar-refractivity contribution >= 4 is 29.0 Å². The molecule has 0 heterocycles. The molecule has 58 valence electrons. The number of hydrogen-bond acceptors (Lipinski definition) is 3. The molecule has 0 unspecified atom stereocenters. The second kappa shape index (κ2) is 3.16. The van der Waals surface area contributed by atoms with E-state index < -0.39 is 15.2 Å². The normalized spacial score (nSPS) is 11.1. The van der Waals surface area contributed by atoms with Crippen LogP contribution in [0, 0.1) is 10.1 Å². The van der Waals surface area contributed by atoms with Crippen molar-refractivity contribution < 1.29 is 9.72 Å². The first-order valence-corrected chi connectivity index (χ1v) is 3.24. The summed E-state index contributed by atoms with van der Waals surface area (Å²) in [5.41, 5.74) is 0. The molecule has 0 aliphatic rings. The number of nitro groups is 1. The van der Waals surface area contributed by atoms with Gasteiger partial charge in [0.1, 0.15) is 0 Å². The summed E-state index contributed by atoms with van der Waals surface area (Å²) in [5, 5.41) is 9.94. The van der Waals surface area contributed by atoms with Crippen LogP contribution in [-0.4, -0.2) is 15.2 Å². The Labute approximate surface area is 67.3 Å². The van der Waals surface area contributed by atoms with Gasteiger partial charge in [-0.15, -0.1) is 0 Å². The number of rotatable bonds is 3. The van der Waals surface area contributed by atoms with E-state index >= 15 is 0 Å². The topological polar surface area (TPSA) is 60.2 Å². The van der Waals surface area contributed by atoms with Gasteiger partial charge in [-0.05, 0) is 23.2 Å². The lowest BCUT2D eigenvalue weighted by atomic mass is 10.3. The van der Waals surface area contributed by atoms with Crippen molar-refractivity contribution in [3.05, 3.63) is 10.1 Å². The molecule has 0 aliphatic heterocycles. The van der Waals surface area contributed by atoms with Gasteiger partial charge in [0.2, 0.25) is 5.78 Å². The molecule has 0 saturated carbocycles. The molecule has 0 aromatic rings. The van der Waals surface area contributed by atoms with Gasteiger partial charge in [0, 0.05) is 6.42 Å². The molecule has 0 fully saturated rings. The van der Waals surface area contributed by atoms with Crippen LogP contribution < -0.4 is 0 Å². The first-order chi connectivity index (χ1) is 4.42. The Morgan fingerprint density at radius 2 is 2.10 bits per heavy atom. The minimum atomic E-state index is -2.46. The lowest BCUT2D eigenvalue weighted by molar-refractivity contribution is -0.501. The second-order valence-electron chi connectivity index (χ2n) is 1.58. The predicted octanol–water partition coefficient (Wildman–Crippen LogP) is 1.37. The van der Waals surface area contributed by atoms with Crippen molar-refractivity contribution in [1.82, 2.24) is 0 Å². The highest BCUT2D eigenvalue weighted by molar-refractivity contribution is 6.56. The van der Waals surface area contributed by atoms with Gasteiger partial charge in [0.25, 0.3) is 0 Å². The summed E-state index contributed by atoms with van der Waals surface area (Å²) in [5.74, 6) is -0.805. The minimum Gasteiger partial charge on any atom is -0.288 e. The first-order valence-electron chi connectivity index (χ1n) is 2.48. The average molecular weight is 186 g/mol. The van der Waals surface area contributed by atoms with Crippen molar-refractivity contribution in [3.8, 4) is 0 Å². The monoisotopic (exact) mass is 185 g/mol. The van der Waals surface area contributed by atoms with E-state index in [1.54, 1.807) is 0 Å². The molecule has 10 heavy (non-hydrogen) atoms. The maximum atomic E-state index is 10.6. The molecular weight excluding hydrogens is 181 g/mol. The highest BCUT2D eigenvalue weighted by Gasteiger charge is 2.45. The van der Waals surface area contributed by atoms with E-state index in [4.69, 9.17) is 23.2 Å². The lowest BCUT2D eigenvalue weighted by Crippen LogP contribution is -2.34. The van der Waals surface area contributed by atoms with Crippen LogP contribution in [0.5, 0.6) is 0 Å². The van der Waals surface area contributed by atoms with E-state index in [1.165, 1.54) is 6.92 Å². The summed E-state index contributed by atoms with van der Waals surface area (Å²) in [6.45, 7) is 1.45. The first kappa shape index (κ1) is 9.65. The Kier molecular flexibility index (Phi) is 3.05. The van der Waals surface area contributed by atoms with Crippen LogP contribution in [0.25, 0.3) is 0 Å². The summed E-state index contributed by atoms with van der Waals surface area (Å²) >= 11 is 10.1. The zero-order valence-electron chi connectivity index (χ0n) is 5.13. The zero-order chi connectivity index (χ0) is 8.36. The Hall–Kier alpha value is -0.350. The number of carbonyl (C=O) groups excluding carboxylic acids is 1. The van der Waals surface area contributed by atoms with Crippen LogP contribution in [0.2, 0.25) is 0 Å². The molecule has 0 N–H and O–H groups in total. The molecule has 0 aromatic heterocycles. The predicted molar refractivity (Wildman–Crippen MR) is 36.7 cm³/mol. The number of alkyl halides is 2. The third kappa shape index (κ3) is 1.82. The molecule has 0 amide bonds. The van der Waals surface area contributed by atoms with Gasteiger partial charge in [0.15, 0.2) is 0 Å². The van der Waals surface area contributed by atoms with Gasteiger partial charge in [-0.2, -0.15) is 0 Å². The van der Waals surface area contributed by atoms with Crippen LogP contribution in [-0.2, 0) is 4.79 Å². The minimum absolute atomic E-state index is 0.0476. The number of nitrogens with zero attached hydrogens (tertiary/aromatic N) is 1. The highest BCUT2D eigenvalue weighted by atomic mass is 35.5. The summed E-state index contributed by atoms with van der Waals surface area (Å²) < 4.78 is -2.46. The van der Waals surface area contributed by atoms with Crippen molar-refractivity contribution in [2.45, 2.75) is 17.8 Å². The number of ketones is 1. The van der Waals surface area contributed by atoms with Gasteiger partial charge in [-0.25, -0.2) is 0 Å². The van der Waals surface area contributed by atoms with Crippen LogP contribution in [0.1, 0.15) is 13.3 Å². The van der Waals surface area contributed by atoms with Crippen molar-refractivity contribution in [2.24, 2.45) is 0 Å². The van der Waals surface area contributed by atoms with Crippen molar-refractivity contribution in [2.75, 3.05) is 0 Å². The maximum absolute atomic E-state index is 10.6. The molecule has 6 heteroatoms. The van der Waals surface area contributed by atoms with Crippen molar-refractivity contribution in [1.29, 1.82) is 0 Å². The summed E-state index contributed by atoms with van der Waals surface area (Å²) in [6, 6.07) is 0. The highest BCUT2D eigenvalue weighted by Crippen LogP contribution is 2.23. The fourth-order valence-electron chi connectivity index (χ4n) is 0.315. The van der Waals surface area contributed by atoms with Crippen LogP contribution in [0.3, 0.4) is 0 Å². The van der Waals surface area contributed by atoms with E-state index in [0.717, 1.165) is 0 Å². The fourth-order valence-corrected chi connectivity index (χ4v) is 0.582. The quantitative estimate of drug-likeness (QED) is 0.289. The van der Waals surface area contributed by atoms with Gasteiger partial charge >= 0.3 is 4.46 Å². The average Bonchev–Trinajstić information content (AvgIpc) is 1.86. The molecule has 0 bridgehead atoms. The number of hydrogen-bond donors (Lipinski definition) is 0. The Morgan fingerprint density at radius 3 is 2.20 bits per heavy atom. The molecular formula is C4H5Cl2NO3. The molecule has 0 atom stereocenters. The van der Waals surface area contributed by atoms with Gasteiger partial charge < -0.3 is 0 Å². The van der Waals surface area contributed by atoms with E-state index in [1.807, 2.05) is 0 Å². The largest absolute Gasteiger partial charge is 0.429 e. The second-order valence-corrected chi connectivity index (χ2v) is 2.86. The van der Waals surface area contributed by atoms with Crippen LogP contribution in [0.15, 0.2) is 0 Å². The Morgan fingerprint density at radius 1 is 1.70 bits per heavy atom. The maximum Gasteiger partial charge on any atom is 0.429 e. The van der Waals surface area contributed by atoms with Crippen molar-refractivity contribution in [3.63, 3.8) is 0 Å². The zero-order valence-corrected chi connectivity index (χ0v) is 6.65. The molecule has 0 saturated heterocycles. The molecule has 0 rings (SSSR count). The Bertz CT molecular complexity index is 168. The fraction of sp³-hybridized carbons (Fsp3) is 0.750. The smallest absolute Gasteiger partial charge is 0.288 e. The van der Waals surface area contributed by atoms with E-state index in [2.05, 4.69) is 0 Å². The van der Waals surface area contributed by atoms with Gasteiger partial charge in [-0.1, -0.05) is 6.92 Å². The van der Waals surface area contributed by atoms with Crippen LogP contribution >= 0.6 is 23.2 Å². The standard InChI is InChI=1S/C4H5Cl2NO3/c1-2-3(8)4(5,6)7(9)10/h2H2,1H3. The molecule has 0 aliphatic carbocycles. The molecule has 0 spiro atoms. The summed E-state index contributed by atoms with van der Waals surface area (Å²) in [6.07, 6.45) is -0.0476. The number of Topliss-reactive ketones (excluding diaryl/α,β-unsaturated/α-hetero) is 1. The summed E-state index contributed by atoms with van der Waals surface area (Å²) in [7, 11) is 0. The molecule has 0 radical (unpaired) electrons. The number of halogens is 2. The third-order valence-electron chi connectivity index (χ3n) is 0.886. The molecule has 4 nitrogen and oxygen atoms in total.